The highest BCUT2D eigenvalue weighted by Crippen LogP contribution is 2.34. The summed E-state index contributed by atoms with van der Waals surface area (Å²) in [4.78, 5) is 23.4. The maximum absolute atomic E-state index is 12.5. The van der Waals surface area contributed by atoms with Gasteiger partial charge in [0.25, 0.3) is 0 Å². The summed E-state index contributed by atoms with van der Waals surface area (Å²) < 4.78 is 10.7. The number of rotatable bonds is 6. The minimum absolute atomic E-state index is 0.0182. The Morgan fingerprint density at radius 1 is 1.10 bits per heavy atom. The van der Waals surface area contributed by atoms with E-state index in [4.69, 9.17) is 9.47 Å². The van der Waals surface area contributed by atoms with E-state index in [1.807, 2.05) is 60.8 Å². The van der Waals surface area contributed by atoms with Crippen molar-refractivity contribution in [1.82, 2.24) is 4.98 Å². The Balaban J connectivity index is 1.59. The van der Waals surface area contributed by atoms with E-state index in [0.717, 1.165) is 28.4 Å². The monoisotopic (exact) mass is 425 g/mol. The van der Waals surface area contributed by atoms with Crippen molar-refractivity contribution in [3.05, 3.63) is 53.9 Å². The van der Waals surface area contributed by atoms with Crippen LogP contribution in [0.4, 0.5) is 10.8 Å². The summed E-state index contributed by atoms with van der Waals surface area (Å²) >= 11 is 2.85. The third-order valence-corrected chi connectivity index (χ3v) is 5.96. The summed E-state index contributed by atoms with van der Waals surface area (Å²) in [5.41, 5.74) is 2.55. The largest absolute Gasteiger partial charge is 0.497 e. The van der Waals surface area contributed by atoms with Crippen molar-refractivity contribution >= 4 is 45.0 Å². The molecule has 2 heterocycles. The van der Waals surface area contributed by atoms with Crippen LogP contribution < -0.4 is 14.4 Å². The van der Waals surface area contributed by atoms with E-state index in [1.165, 1.54) is 23.1 Å². The zero-order valence-electron chi connectivity index (χ0n) is 16.0. The topological polar surface area (TPSA) is 64.0 Å². The molecule has 1 saturated heterocycles. The number of hydrogen-bond donors (Lipinski definition) is 0. The first-order valence-electron chi connectivity index (χ1n) is 9.05. The Kier molecular flexibility index (Phi) is 5.82. The number of aromatic nitrogens is 1. The lowest BCUT2D eigenvalue weighted by Crippen LogP contribution is -2.28. The van der Waals surface area contributed by atoms with Crippen molar-refractivity contribution in [3.63, 3.8) is 0 Å². The van der Waals surface area contributed by atoms with Gasteiger partial charge in [0, 0.05) is 10.9 Å². The molecular formula is C21H19N3O3S2. The van der Waals surface area contributed by atoms with E-state index in [0.29, 0.717) is 22.7 Å². The van der Waals surface area contributed by atoms with E-state index >= 15 is 0 Å². The fourth-order valence-electron chi connectivity index (χ4n) is 2.79. The Labute approximate surface area is 177 Å². The minimum Gasteiger partial charge on any atom is -0.497 e. The molecule has 1 aliphatic heterocycles. The minimum atomic E-state index is -0.0182. The zero-order chi connectivity index (χ0) is 20.2. The van der Waals surface area contributed by atoms with Crippen LogP contribution in [0.2, 0.25) is 0 Å². The summed E-state index contributed by atoms with van der Waals surface area (Å²) in [6, 6.07) is 15.2. The van der Waals surface area contributed by atoms with Crippen LogP contribution in [0.15, 0.2) is 58.9 Å². The quantitative estimate of drug-likeness (QED) is 0.557. The standard InChI is InChI=1S/C21H19N3O3S2/c1-3-27-17-10-6-15(7-11-17)22-20-24(19(25)13-29-20)21-23-18(12-28-21)14-4-8-16(26-2)9-5-14/h4-12H,3,13H2,1-2H3. The molecular weight excluding hydrogens is 406 g/mol. The molecule has 8 heteroatoms. The van der Waals surface area contributed by atoms with Gasteiger partial charge < -0.3 is 9.47 Å². The highest BCUT2D eigenvalue weighted by molar-refractivity contribution is 8.15. The highest BCUT2D eigenvalue weighted by Gasteiger charge is 2.32. The number of anilines is 1. The average Bonchev–Trinajstić information content (AvgIpc) is 3.36. The van der Waals surface area contributed by atoms with Crippen molar-refractivity contribution in [1.29, 1.82) is 0 Å². The fourth-order valence-corrected chi connectivity index (χ4v) is 4.57. The van der Waals surface area contributed by atoms with Gasteiger partial charge in [-0.05, 0) is 55.5 Å². The highest BCUT2D eigenvalue weighted by atomic mass is 32.2. The molecule has 148 valence electrons. The number of thiazole rings is 1. The molecule has 0 aliphatic carbocycles. The van der Waals surface area contributed by atoms with E-state index < -0.39 is 0 Å². The van der Waals surface area contributed by atoms with Crippen molar-refractivity contribution in [3.8, 4) is 22.8 Å². The molecule has 0 radical (unpaired) electrons. The first-order chi connectivity index (χ1) is 14.2. The van der Waals surface area contributed by atoms with Gasteiger partial charge in [-0.1, -0.05) is 11.8 Å². The maximum Gasteiger partial charge on any atom is 0.245 e. The van der Waals surface area contributed by atoms with E-state index in [9.17, 15) is 4.79 Å². The zero-order valence-corrected chi connectivity index (χ0v) is 17.6. The van der Waals surface area contributed by atoms with Crippen molar-refractivity contribution < 1.29 is 14.3 Å². The normalized spacial score (nSPS) is 15.2. The molecule has 3 aromatic rings. The average molecular weight is 426 g/mol. The molecule has 1 fully saturated rings. The Morgan fingerprint density at radius 2 is 1.83 bits per heavy atom. The van der Waals surface area contributed by atoms with Gasteiger partial charge in [-0.15, -0.1) is 11.3 Å². The molecule has 4 rings (SSSR count). The molecule has 0 bridgehead atoms. The number of methoxy groups -OCH3 is 1. The number of amidine groups is 1. The number of ether oxygens (including phenoxy) is 2. The molecule has 6 nitrogen and oxygen atoms in total. The van der Waals surface area contributed by atoms with Crippen LogP contribution in [0, 0.1) is 0 Å². The molecule has 0 N–H and O–H groups in total. The van der Waals surface area contributed by atoms with Crippen LogP contribution in [-0.2, 0) is 4.79 Å². The number of hydrogen-bond acceptors (Lipinski definition) is 7. The maximum atomic E-state index is 12.5. The number of nitrogens with zero attached hydrogens (tertiary/aromatic N) is 3. The molecule has 1 amide bonds. The number of thioether (sulfide) groups is 1. The summed E-state index contributed by atoms with van der Waals surface area (Å²) in [6.45, 7) is 2.56. The molecule has 1 aliphatic rings. The van der Waals surface area contributed by atoms with Crippen LogP contribution in [0.25, 0.3) is 11.3 Å². The summed E-state index contributed by atoms with van der Waals surface area (Å²) in [5, 5.41) is 3.20. The van der Waals surface area contributed by atoms with Gasteiger partial charge in [0.1, 0.15) is 11.5 Å². The Hall–Kier alpha value is -2.84. The van der Waals surface area contributed by atoms with Gasteiger partial charge in [0.2, 0.25) is 5.91 Å². The number of aliphatic imine (C=N–C) groups is 1. The van der Waals surface area contributed by atoms with Gasteiger partial charge in [0.05, 0.1) is 30.9 Å². The van der Waals surface area contributed by atoms with Crippen LogP contribution in [-0.4, -0.2) is 35.5 Å². The molecule has 29 heavy (non-hydrogen) atoms. The smallest absolute Gasteiger partial charge is 0.245 e. The van der Waals surface area contributed by atoms with Gasteiger partial charge in [-0.3, -0.25) is 4.79 Å². The van der Waals surface area contributed by atoms with Gasteiger partial charge >= 0.3 is 0 Å². The first-order valence-corrected chi connectivity index (χ1v) is 10.9. The summed E-state index contributed by atoms with van der Waals surface area (Å²) in [6.07, 6.45) is 0. The lowest BCUT2D eigenvalue weighted by molar-refractivity contribution is -0.115. The molecule has 2 aromatic carbocycles. The second-order valence-corrected chi connectivity index (χ2v) is 7.86. The van der Waals surface area contributed by atoms with Crippen molar-refractivity contribution in [2.45, 2.75) is 6.92 Å². The number of carbonyl (C=O) groups excluding carboxylic acids is 1. The van der Waals surface area contributed by atoms with E-state index in [1.54, 1.807) is 12.0 Å². The number of amides is 1. The van der Waals surface area contributed by atoms with Gasteiger partial charge in [-0.2, -0.15) is 0 Å². The predicted octanol–water partition coefficient (Wildman–Crippen LogP) is 4.98. The first kappa shape index (κ1) is 19.5. The summed E-state index contributed by atoms with van der Waals surface area (Å²) in [5.74, 6) is 1.93. The molecule has 0 spiro atoms. The molecule has 1 aromatic heterocycles. The second kappa shape index (κ2) is 8.67. The SMILES string of the molecule is CCOc1ccc(N=C2SCC(=O)N2c2nc(-c3ccc(OC)cc3)cs2)cc1. The van der Waals surface area contributed by atoms with Crippen LogP contribution in [0.5, 0.6) is 11.5 Å². The Bertz CT molecular complexity index is 1030. The number of benzene rings is 2. The van der Waals surface area contributed by atoms with Crippen molar-refractivity contribution in [2.75, 3.05) is 24.4 Å². The van der Waals surface area contributed by atoms with E-state index in [2.05, 4.69) is 9.98 Å². The van der Waals surface area contributed by atoms with Crippen LogP contribution in [0.1, 0.15) is 6.92 Å². The van der Waals surface area contributed by atoms with Crippen molar-refractivity contribution in [2.24, 2.45) is 4.99 Å². The Morgan fingerprint density at radius 3 is 2.52 bits per heavy atom. The lowest BCUT2D eigenvalue weighted by Gasteiger charge is -2.12. The van der Waals surface area contributed by atoms with E-state index in [-0.39, 0.29) is 5.91 Å². The summed E-state index contributed by atoms with van der Waals surface area (Å²) in [7, 11) is 1.64. The second-order valence-electron chi connectivity index (χ2n) is 6.08. The van der Waals surface area contributed by atoms with Gasteiger partial charge in [-0.25, -0.2) is 14.9 Å². The molecule has 0 unspecified atom stereocenters. The third kappa shape index (κ3) is 4.28. The van der Waals surface area contributed by atoms with Crippen LogP contribution in [0.3, 0.4) is 0 Å². The lowest BCUT2D eigenvalue weighted by atomic mass is 10.2. The van der Waals surface area contributed by atoms with Crippen LogP contribution >= 0.6 is 23.1 Å². The molecule has 0 saturated carbocycles. The van der Waals surface area contributed by atoms with Gasteiger partial charge in [0.15, 0.2) is 10.3 Å². The third-order valence-electron chi connectivity index (χ3n) is 4.21. The number of carbonyl (C=O) groups is 1. The predicted molar refractivity (Wildman–Crippen MR) is 119 cm³/mol. The molecule has 0 atom stereocenters. The fraction of sp³-hybridized carbons (Fsp3) is 0.190.